The quantitative estimate of drug-likeness (QED) is 0.836. The van der Waals surface area contributed by atoms with Crippen molar-refractivity contribution in [2.75, 3.05) is 26.2 Å². The largest absolute Gasteiger partial charge is 0.491 e. The summed E-state index contributed by atoms with van der Waals surface area (Å²) in [6.07, 6.45) is 1.04. The summed E-state index contributed by atoms with van der Waals surface area (Å²) in [7, 11) is 0. The lowest BCUT2D eigenvalue weighted by atomic mass is 10.2. The van der Waals surface area contributed by atoms with Crippen LogP contribution in [0.2, 0.25) is 0 Å². The van der Waals surface area contributed by atoms with Crippen molar-refractivity contribution in [3.05, 3.63) is 30.1 Å². The Kier molecular flexibility index (Phi) is 5.35. The molecule has 110 valence electrons. The summed E-state index contributed by atoms with van der Waals surface area (Å²) in [6, 6.07) is 6.55. The van der Waals surface area contributed by atoms with Gasteiger partial charge in [-0.1, -0.05) is 12.1 Å². The number of carbonyl (C=O) groups excluding carboxylic acids is 1. The van der Waals surface area contributed by atoms with Gasteiger partial charge < -0.3 is 15.0 Å². The monoisotopic (exact) mass is 280 g/mol. The second-order valence-electron chi connectivity index (χ2n) is 5.02. The number of halogens is 1. The molecule has 1 N–H and O–H groups in total. The second kappa shape index (κ2) is 7.24. The van der Waals surface area contributed by atoms with Gasteiger partial charge in [-0.25, -0.2) is 4.39 Å². The molecule has 1 aliphatic heterocycles. The number of nitrogens with zero attached hydrogens (tertiary/aromatic N) is 1. The zero-order chi connectivity index (χ0) is 14.4. The Hall–Kier alpha value is -1.62. The summed E-state index contributed by atoms with van der Waals surface area (Å²) in [4.78, 5) is 14.0. The van der Waals surface area contributed by atoms with Crippen molar-refractivity contribution in [2.45, 2.75) is 25.8 Å². The van der Waals surface area contributed by atoms with E-state index in [1.807, 2.05) is 11.8 Å². The van der Waals surface area contributed by atoms with Crippen molar-refractivity contribution in [2.24, 2.45) is 0 Å². The molecule has 0 bridgehead atoms. The molecule has 0 aliphatic carbocycles. The van der Waals surface area contributed by atoms with Gasteiger partial charge in [0.05, 0.1) is 6.61 Å². The third kappa shape index (κ3) is 3.93. The molecule has 0 radical (unpaired) electrons. The summed E-state index contributed by atoms with van der Waals surface area (Å²) in [5.74, 6) is 0.0289. The first-order valence-electron chi connectivity index (χ1n) is 7.06. The van der Waals surface area contributed by atoms with Crippen LogP contribution in [0.15, 0.2) is 24.3 Å². The summed E-state index contributed by atoms with van der Waals surface area (Å²) in [5.41, 5.74) is 0. The maximum atomic E-state index is 13.3. The van der Waals surface area contributed by atoms with E-state index in [0.717, 1.165) is 19.6 Å². The maximum Gasteiger partial charge on any atom is 0.223 e. The highest BCUT2D eigenvalue weighted by Gasteiger charge is 2.22. The fourth-order valence-electron chi connectivity index (χ4n) is 2.32. The number of rotatable bonds is 5. The minimum absolute atomic E-state index is 0.149. The van der Waals surface area contributed by atoms with Gasteiger partial charge in [-0.2, -0.15) is 0 Å². The van der Waals surface area contributed by atoms with E-state index in [2.05, 4.69) is 5.32 Å². The molecule has 1 aliphatic rings. The second-order valence-corrected chi connectivity index (χ2v) is 5.02. The van der Waals surface area contributed by atoms with Gasteiger partial charge in [0.1, 0.15) is 0 Å². The normalized spacial score (nSPS) is 18.9. The van der Waals surface area contributed by atoms with Gasteiger partial charge in [0.15, 0.2) is 11.6 Å². The van der Waals surface area contributed by atoms with E-state index in [1.165, 1.54) is 6.07 Å². The highest BCUT2D eigenvalue weighted by molar-refractivity contribution is 5.76. The first-order valence-corrected chi connectivity index (χ1v) is 7.06. The molecule has 1 fully saturated rings. The van der Waals surface area contributed by atoms with Crippen LogP contribution in [0.25, 0.3) is 0 Å². The van der Waals surface area contributed by atoms with Gasteiger partial charge in [-0.15, -0.1) is 0 Å². The number of hydrogen-bond acceptors (Lipinski definition) is 3. The molecule has 1 atom stereocenters. The van der Waals surface area contributed by atoms with Crippen LogP contribution in [0.1, 0.15) is 19.8 Å². The van der Waals surface area contributed by atoms with Gasteiger partial charge in [-0.05, 0) is 25.5 Å². The van der Waals surface area contributed by atoms with Crippen LogP contribution in [0.3, 0.4) is 0 Å². The fourth-order valence-corrected chi connectivity index (χ4v) is 2.32. The van der Waals surface area contributed by atoms with E-state index >= 15 is 0 Å². The third-order valence-corrected chi connectivity index (χ3v) is 3.45. The molecule has 0 saturated carbocycles. The molecule has 20 heavy (non-hydrogen) atoms. The summed E-state index contributed by atoms with van der Waals surface area (Å²) >= 11 is 0. The van der Waals surface area contributed by atoms with Crippen molar-refractivity contribution < 1.29 is 13.9 Å². The highest BCUT2D eigenvalue weighted by Crippen LogP contribution is 2.16. The predicted octanol–water partition coefficient (Wildman–Crippen LogP) is 1.80. The third-order valence-electron chi connectivity index (χ3n) is 3.45. The van der Waals surface area contributed by atoms with Crippen LogP contribution >= 0.6 is 0 Å². The minimum atomic E-state index is -0.366. The molecule has 1 heterocycles. The summed E-state index contributed by atoms with van der Waals surface area (Å²) in [6.45, 7) is 4.85. The van der Waals surface area contributed by atoms with E-state index in [0.29, 0.717) is 19.4 Å². The van der Waals surface area contributed by atoms with Crippen LogP contribution in [0, 0.1) is 5.82 Å². The maximum absolute atomic E-state index is 13.3. The highest BCUT2D eigenvalue weighted by atomic mass is 19.1. The first-order chi connectivity index (χ1) is 9.68. The molecule has 5 heteroatoms. The number of benzene rings is 1. The summed E-state index contributed by atoms with van der Waals surface area (Å²) in [5, 5.41) is 3.25. The van der Waals surface area contributed by atoms with Crippen LogP contribution in [-0.4, -0.2) is 43.1 Å². The van der Waals surface area contributed by atoms with Crippen LogP contribution in [0.5, 0.6) is 5.75 Å². The Bertz CT molecular complexity index is 453. The van der Waals surface area contributed by atoms with Crippen LogP contribution in [0.4, 0.5) is 4.39 Å². The van der Waals surface area contributed by atoms with E-state index in [1.54, 1.807) is 18.2 Å². The molecule has 4 nitrogen and oxygen atoms in total. The number of piperazine rings is 1. The first kappa shape index (κ1) is 14.8. The van der Waals surface area contributed by atoms with Gasteiger partial charge in [0.25, 0.3) is 0 Å². The van der Waals surface area contributed by atoms with E-state index < -0.39 is 0 Å². The van der Waals surface area contributed by atoms with Crippen LogP contribution in [-0.2, 0) is 4.79 Å². The van der Waals surface area contributed by atoms with E-state index in [4.69, 9.17) is 4.74 Å². The Morgan fingerprint density at radius 1 is 1.50 bits per heavy atom. The van der Waals surface area contributed by atoms with Crippen molar-refractivity contribution in [3.8, 4) is 5.75 Å². The Morgan fingerprint density at radius 3 is 3.05 bits per heavy atom. The molecule has 0 spiro atoms. The number of para-hydroxylation sites is 1. The Balaban J connectivity index is 1.70. The lowest BCUT2D eigenvalue weighted by molar-refractivity contribution is -0.134. The standard InChI is InChI=1S/C15H21FN2O2/c1-12-11-17-8-9-18(12)15(19)7-4-10-20-14-6-3-2-5-13(14)16/h2-3,5-6,12,17H,4,7-11H2,1H3. The lowest BCUT2D eigenvalue weighted by Crippen LogP contribution is -2.52. The number of amides is 1. The Labute approximate surface area is 118 Å². The lowest BCUT2D eigenvalue weighted by Gasteiger charge is -2.34. The molecule has 1 amide bonds. The van der Waals surface area contributed by atoms with Crippen molar-refractivity contribution in [3.63, 3.8) is 0 Å². The fraction of sp³-hybridized carbons (Fsp3) is 0.533. The van der Waals surface area contributed by atoms with Crippen molar-refractivity contribution in [1.29, 1.82) is 0 Å². The molecule has 2 rings (SSSR count). The molecule has 1 saturated heterocycles. The van der Waals surface area contributed by atoms with E-state index in [-0.39, 0.29) is 23.5 Å². The number of nitrogens with one attached hydrogen (secondary N) is 1. The molecule has 1 unspecified atom stereocenters. The SMILES string of the molecule is CC1CNCCN1C(=O)CCCOc1ccccc1F. The van der Waals surface area contributed by atoms with Gasteiger partial charge in [0, 0.05) is 32.1 Å². The zero-order valence-corrected chi connectivity index (χ0v) is 11.8. The topological polar surface area (TPSA) is 41.6 Å². The van der Waals surface area contributed by atoms with Crippen LogP contribution < -0.4 is 10.1 Å². The number of hydrogen-bond donors (Lipinski definition) is 1. The number of carbonyl (C=O) groups is 1. The summed E-state index contributed by atoms with van der Waals surface area (Å²) < 4.78 is 18.7. The Morgan fingerprint density at radius 2 is 2.30 bits per heavy atom. The van der Waals surface area contributed by atoms with Crippen molar-refractivity contribution >= 4 is 5.91 Å². The van der Waals surface area contributed by atoms with Gasteiger partial charge in [0.2, 0.25) is 5.91 Å². The average Bonchev–Trinajstić information content (AvgIpc) is 2.45. The molecular weight excluding hydrogens is 259 g/mol. The smallest absolute Gasteiger partial charge is 0.223 e. The predicted molar refractivity (Wildman–Crippen MR) is 75.2 cm³/mol. The zero-order valence-electron chi connectivity index (χ0n) is 11.8. The molecule has 1 aromatic carbocycles. The number of ether oxygens (including phenoxy) is 1. The van der Waals surface area contributed by atoms with E-state index in [9.17, 15) is 9.18 Å². The molecular formula is C15H21FN2O2. The molecule has 1 aromatic rings. The van der Waals surface area contributed by atoms with Gasteiger partial charge >= 0.3 is 0 Å². The van der Waals surface area contributed by atoms with Crippen molar-refractivity contribution in [1.82, 2.24) is 10.2 Å². The minimum Gasteiger partial charge on any atom is -0.491 e. The average molecular weight is 280 g/mol. The molecule has 0 aromatic heterocycles. The van der Waals surface area contributed by atoms with Gasteiger partial charge in [-0.3, -0.25) is 4.79 Å².